The number of amides is 2. The van der Waals surface area contributed by atoms with Gasteiger partial charge in [-0.1, -0.05) is 12.1 Å². The fourth-order valence-corrected chi connectivity index (χ4v) is 2.52. The Balaban J connectivity index is 1.80. The summed E-state index contributed by atoms with van der Waals surface area (Å²) in [6, 6.07) is 7.44. The lowest BCUT2D eigenvalue weighted by Crippen LogP contribution is -2.39. The van der Waals surface area contributed by atoms with E-state index in [1.54, 1.807) is 27.1 Å². The average Bonchev–Trinajstić information content (AvgIpc) is 2.96. The number of carbonyl (C=O) groups excluding carboxylic acids is 2. The third kappa shape index (κ3) is 2.58. The van der Waals surface area contributed by atoms with Gasteiger partial charge in [-0.2, -0.15) is 0 Å². The van der Waals surface area contributed by atoms with Gasteiger partial charge in [0, 0.05) is 25.8 Å². The molecule has 22 heavy (non-hydrogen) atoms. The molecule has 2 heterocycles. The third-order valence-corrected chi connectivity index (χ3v) is 3.66. The van der Waals surface area contributed by atoms with E-state index in [0.29, 0.717) is 25.3 Å². The Morgan fingerprint density at radius 1 is 1.27 bits per heavy atom. The number of halogens is 1. The molecule has 0 fully saturated rings. The summed E-state index contributed by atoms with van der Waals surface area (Å²) in [5.74, 6) is -1.17. The summed E-state index contributed by atoms with van der Waals surface area (Å²) < 4.78 is 14.6. The maximum atomic E-state index is 12.9. The molecule has 2 amide bonds. The minimum atomic E-state index is -0.653. The fraction of sp³-hybridized carbons (Fsp3) is 0.200. The molecule has 114 valence electrons. The summed E-state index contributed by atoms with van der Waals surface area (Å²) >= 11 is 0. The van der Waals surface area contributed by atoms with Gasteiger partial charge < -0.3 is 9.47 Å². The Morgan fingerprint density at radius 2 is 2.00 bits per heavy atom. The van der Waals surface area contributed by atoms with Crippen LogP contribution in [0.25, 0.3) is 0 Å². The second-order valence-electron chi connectivity index (χ2n) is 5.10. The lowest BCUT2D eigenvalue weighted by Gasteiger charge is -2.28. The minimum Gasteiger partial charge on any atom is -0.341 e. The van der Waals surface area contributed by atoms with Gasteiger partial charge in [-0.25, -0.2) is 9.87 Å². The average molecular weight is 303 g/mol. The first kappa shape index (κ1) is 14.3. The van der Waals surface area contributed by atoms with Gasteiger partial charge in [0.15, 0.2) is 0 Å². The molecule has 7 heteroatoms. The molecule has 3 rings (SSSR count). The van der Waals surface area contributed by atoms with Crippen LogP contribution in [0.3, 0.4) is 0 Å². The Labute approximate surface area is 125 Å². The highest BCUT2D eigenvalue weighted by Gasteiger charge is 2.26. The molecule has 1 aromatic heterocycles. The van der Waals surface area contributed by atoms with Crippen LogP contribution in [0.15, 0.2) is 36.5 Å². The zero-order valence-electron chi connectivity index (χ0n) is 11.6. The highest BCUT2D eigenvalue weighted by Crippen LogP contribution is 2.18. The third-order valence-electron chi connectivity index (χ3n) is 3.66. The van der Waals surface area contributed by atoms with E-state index in [-0.39, 0.29) is 17.3 Å². The van der Waals surface area contributed by atoms with Crippen LogP contribution >= 0.6 is 0 Å². The second-order valence-corrected chi connectivity index (χ2v) is 5.10. The second kappa shape index (κ2) is 5.61. The van der Waals surface area contributed by atoms with Crippen LogP contribution in [0.4, 0.5) is 4.39 Å². The first-order chi connectivity index (χ1) is 10.6. The molecule has 0 spiro atoms. The molecule has 0 aliphatic carbocycles. The highest BCUT2D eigenvalue weighted by molar-refractivity contribution is 5.99. The van der Waals surface area contributed by atoms with E-state index in [1.807, 2.05) is 0 Å². The van der Waals surface area contributed by atoms with E-state index in [4.69, 9.17) is 5.21 Å². The van der Waals surface area contributed by atoms with Crippen LogP contribution in [0.2, 0.25) is 0 Å². The first-order valence-electron chi connectivity index (χ1n) is 6.77. The quantitative estimate of drug-likeness (QED) is 0.665. The summed E-state index contributed by atoms with van der Waals surface area (Å²) in [6.07, 6.45) is 1.54. The topological polar surface area (TPSA) is 74.6 Å². The van der Waals surface area contributed by atoms with Crippen LogP contribution < -0.4 is 5.48 Å². The summed E-state index contributed by atoms with van der Waals surface area (Å²) in [4.78, 5) is 25.5. The van der Waals surface area contributed by atoms with Gasteiger partial charge in [-0.05, 0) is 23.8 Å². The van der Waals surface area contributed by atoms with Gasteiger partial charge in [-0.15, -0.1) is 0 Å². The number of hydrogen-bond donors (Lipinski definition) is 2. The van der Waals surface area contributed by atoms with E-state index < -0.39 is 5.91 Å². The van der Waals surface area contributed by atoms with E-state index in [2.05, 4.69) is 0 Å². The molecule has 2 N–H and O–H groups in total. The molecule has 0 bridgehead atoms. The number of hydrogen-bond acceptors (Lipinski definition) is 3. The number of aromatic nitrogens is 1. The van der Waals surface area contributed by atoms with Crippen molar-refractivity contribution in [3.05, 3.63) is 59.2 Å². The van der Waals surface area contributed by atoms with E-state index in [1.165, 1.54) is 24.4 Å². The largest absolute Gasteiger partial charge is 0.341 e. The summed E-state index contributed by atoms with van der Waals surface area (Å²) in [6.45, 7) is 1.44. The van der Waals surface area contributed by atoms with Crippen molar-refractivity contribution in [2.24, 2.45) is 0 Å². The molecule has 0 atom stereocenters. The van der Waals surface area contributed by atoms with Crippen molar-refractivity contribution in [3.63, 3.8) is 0 Å². The number of rotatable bonds is 3. The number of fused-ring (bicyclic) bond motifs is 1. The van der Waals surface area contributed by atoms with E-state index >= 15 is 0 Å². The minimum absolute atomic E-state index is 0.201. The zero-order valence-corrected chi connectivity index (χ0v) is 11.6. The molecule has 6 nitrogen and oxygen atoms in total. The predicted octanol–water partition coefficient (Wildman–Crippen LogP) is 1.40. The lowest BCUT2D eigenvalue weighted by molar-refractivity contribution is 0.0689. The van der Waals surface area contributed by atoms with Crippen molar-refractivity contribution in [2.45, 2.75) is 13.1 Å². The van der Waals surface area contributed by atoms with Crippen molar-refractivity contribution in [1.29, 1.82) is 0 Å². The van der Waals surface area contributed by atoms with E-state index in [0.717, 1.165) is 5.56 Å². The molecule has 1 aliphatic rings. The molecule has 0 unspecified atom stereocenters. The number of carbonyl (C=O) groups is 2. The maximum absolute atomic E-state index is 12.9. The molecule has 2 aromatic rings. The standard InChI is InChI=1S/C15H14FN3O3/c16-12-3-1-10(2-4-12)8-19-6-5-18-9-11(14(20)17-22)7-13(18)15(19)21/h1-4,7,9,22H,5-6,8H2,(H,17,20). The zero-order chi connectivity index (χ0) is 15.7. The van der Waals surface area contributed by atoms with Crippen LogP contribution in [0.1, 0.15) is 26.4 Å². The number of hydroxylamine groups is 1. The highest BCUT2D eigenvalue weighted by atomic mass is 19.1. The van der Waals surface area contributed by atoms with Crippen LogP contribution in [0, 0.1) is 5.82 Å². The maximum Gasteiger partial charge on any atom is 0.276 e. The van der Waals surface area contributed by atoms with Crippen LogP contribution in [-0.2, 0) is 13.1 Å². The fourth-order valence-electron chi connectivity index (χ4n) is 2.52. The van der Waals surface area contributed by atoms with Crippen molar-refractivity contribution in [2.75, 3.05) is 6.54 Å². The molecular weight excluding hydrogens is 289 g/mol. The molecular formula is C15H14FN3O3. The number of benzene rings is 1. The molecule has 1 aliphatic heterocycles. The van der Waals surface area contributed by atoms with Crippen molar-refractivity contribution in [1.82, 2.24) is 14.9 Å². The van der Waals surface area contributed by atoms with Crippen molar-refractivity contribution < 1.29 is 19.2 Å². The summed E-state index contributed by atoms with van der Waals surface area (Å²) in [5.41, 5.74) is 3.01. The molecule has 0 saturated heterocycles. The Bertz CT molecular complexity index is 724. The van der Waals surface area contributed by atoms with Crippen LogP contribution in [0.5, 0.6) is 0 Å². The monoisotopic (exact) mass is 303 g/mol. The van der Waals surface area contributed by atoms with Crippen molar-refractivity contribution in [3.8, 4) is 0 Å². The van der Waals surface area contributed by atoms with E-state index in [9.17, 15) is 14.0 Å². The van der Waals surface area contributed by atoms with Gasteiger partial charge in [-0.3, -0.25) is 14.8 Å². The van der Waals surface area contributed by atoms with Crippen LogP contribution in [-0.4, -0.2) is 33.0 Å². The van der Waals surface area contributed by atoms with Gasteiger partial charge in [0.2, 0.25) is 0 Å². The Hall–Kier alpha value is -2.67. The van der Waals surface area contributed by atoms with Gasteiger partial charge in [0.25, 0.3) is 11.8 Å². The normalized spacial score (nSPS) is 13.9. The smallest absolute Gasteiger partial charge is 0.276 e. The predicted molar refractivity (Wildman–Crippen MR) is 74.8 cm³/mol. The first-order valence-corrected chi connectivity index (χ1v) is 6.77. The van der Waals surface area contributed by atoms with Gasteiger partial charge in [0.05, 0.1) is 5.56 Å². The summed E-state index contributed by atoms with van der Waals surface area (Å²) in [5, 5.41) is 8.65. The molecule has 0 saturated carbocycles. The van der Waals surface area contributed by atoms with Gasteiger partial charge >= 0.3 is 0 Å². The lowest BCUT2D eigenvalue weighted by atomic mass is 10.2. The SMILES string of the molecule is O=C(NO)c1cc2n(c1)CCN(Cc1ccc(F)cc1)C2=O. The molecule has 0 radical (unpaired) electrons. The Morgan fingerprint density at radius 3 is 2.68 bits per heavy atom. The van der Waals surface area contributed by atoms with Gasteiger partial charge in [0.1, 0.15) is 11.5 Å². The Kier molecular flexibility index (Phi) is 3.64. The molecule has 1 aromatic carbocycles. The number of nitrogens with one attached hydrogen (secondary N) is 1. The van der Waals surface area contributed by atoms with Crippen molar-refractivity contribution >= 4 is 11.8 Å². The number of nitrogens with zero attached hydrogens (tertiary/aromatic N) is 2. The summed E-state index contributed by atoms with van der Waals surface area (Å²) in [7, 11) is 0.